The number of phenolic OH excluding ortho intramolecular Hbond substituents is 2. The molecule has 0 bridgehead atoms. The van der Waals surface area contributed by atoms with Crippen LogP contribution >= 0.6 is 0 Å². The van der Waals surface area contributed by atoms with Crippen LogP contribution < -0.4 is 0 Å². The van der Waals surface area contributed by atoms with Gasteiger partial charge in [0.1, 0.15) is 11.5 Å². The smallest absolute Gasteiger partial charge is 0.186 e. The van der Waals surface area contributed by atoms with Gasteiger partial charge in [-0.05, 0) is 42.8 Å². The Morgan fingerprint density at radius 2 is 1.84 bits per heavy atom. The van der Waals surface area contributed by atoms with Crippen molar-refractivity contribution in [3.63, 3.8) is 0 Å². The minimum atomic E-state index is -0.138. The number of benzene rings is 2. The van der Waals surface area contributed by atoms with E-state index in [1.807, 2.05) is 19.1 Å². The lowest BCUT2D eigenvalue weighted by molar-refractivity contribution is 0.104. The Balaban J connectivity index is 2.26. The van der Waals surface area contributed by atoms with Gasteiger partial charge < -0.3 is 10.2 Å². The second-order valence-electron chi connectivity index (χ2n) is 4.26. The molecule has 0 aromatic heterocycles. The number of hydrogen-bond donors (Lipinski definition) is 2. The number of allylic oxidation sites excluding steroid dienone is 1. The number of carbonyl (C=O) groups is 1. The molecule has 19 heavy (non-hydrogen) atoms. The summed E-state index contributed by atoms with van der Waals surface area (Å²) >= 11 is 0. The molecule has 2 N–H and O–H groups in total. The van der Waals surface area contributed by atoms with Gasteiger partial charge in [0, 0.05) is 11.1 Å². The molecule has 0 aliphatic heterocycles. The number of carbonyl (C=O) groups excluding carboxylic acids is 1. The Kier molecular flexibility index (Phi) is 3.66. The Morgan fingerprint density at radius 3 is 2.58 bits per heavy atom. The van der Waals surface area contributed by atoms with E-state index in [9.17, 15) is 15.0 Å². The lowest BCUT2D eigenvalue weighted by Crippen LogP contribution is -1.96. The molecule has 2 rings (SSSR count). The first kappa shape index (κ1) is 12.9. The Hall–Kier alpha value is -2.55. The van der Waals surface area contributed by atoms with Gasteiger partial charge >= 0.3 is 0 Å². The largest absolute Gasteiger partial charge is 0.508 e. The first-order valence-electron chi connectivity index (χ1n) is 5.88. The summed E-state index contributed by atoms with van der Waals surface area (Å²) < 4.78 is 0. The standard InChI is InChI=1S/C16H14O3/c1-11-4-2-3-5-14(11)16(19)8-6-12-10-13(17)7-9-15(12)18/h2-10,17-18H,1H3/b8-6+. The third-order valence-corrected chi connectivity index (χ3v) is 2.84. The van der Waals surface area contributed by atoms with E-state index in [1.165, 1.54) is 30.4 Å². The van der Waals surface area contributed by atoms with Gasteiger partial charge in [-0.25, -0.2) is 0 Å². The van der Waals surface area contributed by atoms with Gasteiger partial charge in [0.15, 0.2) is 5.78 Å². The van der Waals surface area contributed by atoms with Crippen LogP contribution in [-0.2, 0) is 0 Å². The van der Waals surface area contributed by atoms with Crippen LogP contribution in [0.2, 0.25) is 0 Å². The molecule has 0 amide bonds. The highest BCUT2D eigenvalue weighted by Crippen LogP contribution is 2.23. The van der Waals surface area contributed by atoms with E-state index in [-0.39, 0.29) is 17.3 Å². The zero-order valence-corrected chi connectivity index (χ0v) is 10.5. The summed E-state index contributed by atoms with van der Waals surface area (Å²) in [5.74, 6) is -0.0757. The highest BCUT2D eigenvalue weighted by molar-refractivity contribution is 6.07. The van der Waals surface area contributed by atoms with Crippen LogP contribution in [-0.4, -0.2) is 16.0 Å². The Morgan fingerprint density at radius 1 is 1.11 bits per heavy atom. The molecule has 0 unspecified atom stereocenters. The summed E-state index contributed by atoms with van der Waals surface area (Å²) in [5, 5.41) is 18.9. The predicted octanol–water partition coefficient (Wildman–Crippen LogP) is 3.30. The van der Waals surface area contributed by atoms with Gasteiger partial charge in [-0.2, -0.15) is 0 Å². The van der Waals surface area contributed by atoms with E-state index in [0.29, 0.717) is 11.1 Å². The number of aryl methyl sites for hydroxylation is 1. The van der Waals surface area contributed by atoms with Gasteiger partial charge in [0.25, 0.3) is 0 Å². The molecule has 3 heteroatoms. The molecular weight excluding hydrogens is 240 g/mol. The molecular formula is C16H14O3. The van der Waals surface area contributed by atoms with Gasteiger partial charge in [-0.1, -0.05) is 24.3 Å². The van der Waals surface area contributed by atoms with E-state index < -0.39 is 0 Å². The van der Waals surface area contributed by atoms with Crippen molar-refractivity contribution in [2.24, 2.45) is 0 Å². The van der Waals surface area contributed by atoms with Crippen molar-refractivity contribution >= 4 is 11.9 Å². The lowest BCUT2D eigenvalue weighted by atomic mass is 10.0. The van der Waals surface area contributed by atoms with Crippen LogP contribution in [0.5, 0.6) is 11.5 Å². The molecule has 0 radical (unpaired) electrons. The molecule has 96 valence electrons. The number of ketones is 1. The highest BCUT2D eigenvalue weighted by Gasteiger charge is 2.05. The summed E-state index contributed by atoms with van der Waals surface area (Å²) in [6.45, 7) is 1.87. The maximum atomic E-state index is 12.0. The molecule has 0 aliphatic carbocycles. The summed E-state index contributed by atoms with van der Waals surface area (Å²) in [5.41, 5.74) is 1.93. The minimum absolute atomic E-state index is 0.0200. The van der Waals surface area contributed by atoms with Gasteiger partial charge in [0.2, 0.25) is 0 Å². The van der Waals surface area contributed by atoms with Crippen molar-refractivity contribution in [3.05, 3.63) is 65.2 Å². The van der Waals surface area contributed by atoms with Crippen molar-refractivity contribution in [2.45, 2.75) is 6.92 Å². The SMILES string of the molecule is Cc1ccccc1C(=O)/C=C/c1cc(O)ccc1O. The van der Waals surface area contributed by atoms with Crippen molar-refractivity contribution in [3.8, 4) is 11.5 Å². The second kappa shape index (κ2) is 5.40. The van der Waals surface area contributed by atoms with Crippen LogP contribution in [0.4, 0.5) is 0 Å². The van der Waals surface area contributed by atoms with Crippen LogP contribution in [0.1, 0.15) is 21.5 Å². The summed E-state index contributed by atoms with van der Waals surface area (Å²) in [7, 11) is 0. The van der Waals surface area contributed by atoms with Gasteiger partial charge in [-0.3, -0.25) is 4.79 Å². The summed E-state index contributed by atoms with van der Waals surface area (Å²) in [6, 6.07) is 11.5. The monoisotopic (exact) mass is 254 g/mol. The fourth-order valence-corrected chi connectivity index (χ4v) is 1.78. The Bertz CT molecular complexity index is 642. The number of aromatic hydroxyl groups is 2. The van der Waals surface area contributed by atoms with Crippen molar-refractivity contribution in [1.82, 2.24) is 0 Å². The number of phenols is 2. The van der Waals surface area contributed by atoms with Crippen LogP contribution in [0.3, 0.4) is 0 Å². The molecule has 2 aromatic rings. The first-order valence-corrected chi connectivity index (χ1v) is 5.88. The van der Waals surface area contributed by atoms with Crippen molar-refractivity contribution in [1.29, 1.82) is 0 Å². The fourth-order valence-electron chi connectivity index (χ4n) is 1.78. The molecule has 0 saturated carbocycles. The molecule has 2 aromatic carbocycles. The average Bonchev–Trinajstić information content (AvgIpc) is 2.40. The average molecular weight is 254 g/mol. The fraction of sp³-hybridized carbons (Fsp3) is 0.0625. The van der Waals surface area contributed by atoms with Crippen molar-refractivity contribution < 1.29 is 15.0 Å². The van der Waals surface area contributed by atoms with E-state index in [0.717, 1.165) is 5.56 Å². The molecule has 0 aliphatic rings. The predicted molar refractivity (Wildman–Crippen MR) is 74.3 cm³/mol. The topological polar surface area (TPSA) is 57.5 Å². The van der Waals surface area contributed by atoms with Gasteiger partial charge in [-0.15, -0.1) is 0 Å². The molecule has 3 nitrogen and oxygen atoms in total. The van der Waals surface area contributed by atoms with E-state index in [1.54, 1.807) is 12.1 Å². The quantitative estimate of drug-likeness (QED) is 0.502. The van der Waals surface area contributed by atoms with Gasteiger partial charge in [0.05, 0.1) is 0 Å². The Labute approximate surface area is 111 Å². The molecule has 0 saturated heterocycles. The number of hydrogen-bond acceptors (Lipinski definition) is 3. The van der Waals surface area contributed by atoms with E-state index in [2.05, 4.69) is 0 Å². The zero-order valence-electron chi connectivity index (χ0n) is 10.5. The third kappa shape index (κ3) is 3.01. The molecule has 0 spiro atoms. The second-order valence-corrected chi connectivity index (χ2v) is 4.26. The third-order valence-electron chi connectivity index (χ3n) is 2.84. The zero-order chi connectivity index (χ0) is 13.8. The maximum absolute atomic E-state index is 12.0. The van der Waals surface area contributed by atoms with Crippen LogP contribution in [0.15, 0.2) is 48.5 Å². The minimum Gasteiger partial charge on any atom is -0.508 e. The molecule has 0 fully saturated rings. The maximum Gasteiger partial charge on any atom is 0.186 e. The number of rotatable bonds is 3. The molecule has 0 heterocycles. The summed E-state index contributed by atoms with van der Waals surface area (Å²) in [6.07, 6.45) is 2.88. The van der Waals surface area contributed by atoms with E-state index >= 15 is 0 Å². The van der Waals surface area contributed by atoms with Crippen LogP contribution in [0, 0.1) is 6.92 Å². The molecule has 0 atom stereocenters. The highest BCUT2D eigenvalue weighted by atomic mass is 16.3. The lowest BCUT2D eigenvalue weighted by Gasteiger charge is -2.01. The van der Waals surface area contributed by atoms with E-state index in [4.69, 9.17) is 0 Å². The van der Waals surface area contributed by atoms with Crippen LogP contribution in [0.25, 0.3) is 6.08 Å². The van der Waals surface area contributed by atoms with Crippen molar-refractivity contribution in [2.75, 3.05) is 0 Å². The summed E-state index contributed by atoms with van der Waals surface area (Å²) in [4.78, 5) is 12.0. The first-order chi connectivity index (χ1) is 9.08. The normalized spacial score (nSPS) is 10.8.